The number of carboxylic acids is 1. The van der Waals surface area contributed by atoms with Crippen LogP contribution in [-0.2, 0) is 38.1 Å². The first kappa shape index (κ1) is 47.2. The maximum Gasteiger partial charge on any atom is 0.305 e. The fourth-order valence-corrected chi connectivity index (χ4v) is 6.14. The molecule has 15 heteroatoms. The van der Waals surface area contributed by atoms with Crippen molar-refractivity contribution in [3.63, 3.8) is 0 Å². The minimum atomic E-state index is -1.08. The Morgan fingerprint density at radius 2 is 1.33 bits per heavy atom. The summed E-state index contributed by atoms with van der Waals surface area (Å²) in [6.07, 6.45) is 3.12. The number of nitrogens with one attached hydrogen (secondary N) is 4. The van der Waals surface area contributed by atoms with Gasteiger partial charge in [-0.25, -0.2) is 4.98 Å². The molecule has 4 rings (SSSR count). The molecule has 1 heterocycles. The molecule has 4 aromatic rings. The average Bonchev–Trinajstić information content (AvgIpc) is 3.24. The van der Waals surface area contributed by atoms with Crippen LogP contribution >= 0.6 is 0 Å². The third-order valence-corrected chi connectivity index (χ3v) is 9.12. The van der Waals surface area contributed by atoms with Crippen LogP contribution in [0.1, 0.15) is 60.1 Å². The van der Waals surface area contributed by atoms with Gasteiger partial charge in [-0.2, -0.15) is 0 Å². The second-order valence-electron chi connectivity index (χ2n) is 13.9. The highest BCUT2D eigenvalue weighted by atomic mass is 16.6. The van der Waals surface area contributed by atoms with Gasteiger partial charge in [-0.1, -0.05) is 61.5 Å². The lowest BCUT2D eigenvalue weighted by atomic mass is 9.93. The van der Waals surface area contributed by atoms with Gasteiger partial charge in [0.1, 0.15) is 5.82 Å². The molecule has 0 saturated heterocycles. The van der Waals surface area contributed by atoms with E-state index < -0.39 is 17.9 Å². The van der Waals surface area contributed by atoms with Gasteiger partial charge in [0, 0.05) is 37.9 Å². The Hall–Kier alpha value is -5.45. The number of carboxylic acid groups (broad SMARTS) is 1. The van der Waals surface area contributed by atoms with Crippen molar-refractivity contribution < 1.29 is 48.0 Å². The SMILES string of the molecule is CCCOCCOCCOCCOCCOCCNC(=O)c1ccc(-c2ccc(C(CC(=O)O)NC(=O)CNC(=O)CCCNc3cc(C)ccn3)cc2)c2ccccc12. The van der Waals surface area contributed by atoms with E-state index in [1.807, 2.05) is 61.5 Å². The van der Waals surface area contributed by atoms with Crippen molar-refractivity contribution in [1.29, 1.82) is 0 Å². The molecule has 0 aliphatic heterocycles. The number of anilines is 1. The molecule has 3 aromatic carbocycles. The molecule has 1 unspecified atom stereocenters. The zero-order valence-electron chi connectivity index (χ0n) is 34.7. The van der Waals surface area contributed by atoms with Gasteiger partial charge in [0.25, 0.3) is 5.91 Å². The van der Waals surface area contributed by atoms with Crippen molar-refractivity contribution in [2.45, 2.75) is 45.6 Å². The molecule has 1 aromatic heterocycles. The molecule has 0 aliphatic carbocycles. The summed E-state index contributed by atoms with van der Waals surface area (Å²) in [7, 11) is 0. The van der Waals surface area contributed by atoms with E-state index in [2.05, 4.69) is 33.2 Å². The Morgan fingerprint density at radius 3 is 1.97 bits per heavy atom. The lowest BCUT2D eigenvalue weighted by molar-refractivity contribution is -0.138. The van der Waals surface area contributed by atoms with E-state index in [9.17, 15) is 24.3 Å². The summed E-state index contributed by atoms with van der Waals surface area (Å²) in [5.74, 6) is -1.36. The van der Waals surface area contributed by atoms with E-state index in [0.29, 0.717) is 90.1 Å². The Labute approximate surface area is 351 Å². The number of hydrogen-bond acceptors (Lipinski definition) is 11. The number of carbonyl (C=O) groups is 4. The molecule has 3 amide bonds. The van der Waals surface area contributed by atoms with E-state index in [4.69, 9.17) is 23.7 Å². The predicted molar refractivity (Wildman–Crippen MR) is 229 cm³/mol. The van der Waals surface area contributed by atoms with Crippen LogP contribution < -0.4 is 21.3 Å². The summed E-state index contributed by atoms with van der Waals surface area (Å²) < 4.78 is 27.4. The molecule has 0 spiro atoms. The van der Waals surface area contributed by atoms with Crippen LogP contribution in [0.25, 0.3) is 21.9 Å². The molecule has 0 aliphatic rings. The summed E-state index contributed by atoms with van der Waals surface area (Å²) in [5, 5.41) is 22.7. The number of pyridine rings is 1. The number of nitrogens with zero attached hydrogens (tertiary/aromatic N) is 1. The van der Waals surface area contributed by atoms with Crippen molar-refractivity contribution >= 4 is 40.3 Å². The normalized spacial score (nSPS) is 11.6. The van der Waals surface area contributed by atoms with E-state index in [1.54, 1.807) is 24.4 Å². The molecular formula is C45H59N5O10. The van der Waals surface area contributed by atoms with Crippen LogP contribution in [0, 0.1) is 6.92 Å². The largest absolute Gasteiger partial charge is 0.481 e. The average molecular weight is 830 g/mol. The summed E-state index contributed by atoms with van der Waals surface area (Å²) >= 11 is 0. The minimum Gasteiger partial charge on any atom is -0.481 e. The van der Waals surface area contributed by atoms with Gasteiger partial charge in [0.05, 0.1) is 78.5 Å². The van der Waals surface area contributed by atoms with Crippen LogP contribution in [0.2, 0.25) is 0 Å². The van der Waals surface area contributed by atoms with Crippen LogP contribution in [0.15, 0.2) is 79.0 Å². The molecule has 0 bridgehead atoms. The van der Waals surface area contributed by atoms with Crippen molar-refractivity contribution in [1.82, 2.24) is 20.9 Å². The lowest BCUT2D eigenvalue weighted by Crippen LogP contribution is -2.39. The fraction of sp³-hybridized carbons (Fsp3) is 0.444. The highest BCUT2D eigenvalue weighted by molar-refractivity contribution is 6.11. The first-order valence-corrected chi connectivity index (χ1v) is 20.5. The number of aromatic nitrogens is 1. The zero-order chi connectivity index (χ0) is 42.8. The van der Waals surface area contributed by atoms with E-state index in [0.717, 1.165) is 46.3 Å². The highest BCUT2D eigenvalue weighted by Crippen LogP contribution is 2.32. The quantitative estimate of drug-likeness (QED) is 0.0439. The maximum atomic E-state index is 13.2. The number of aliphatic carboxylic acids is 1. The Bertz CT molecular complexity index is 1930. The monoisotopic (exact) mass is 829 g/mol. The number of benzene rings is 3. The van der Waals surface area contributed by atoms with Crippen molar-refractivity contribution in [2.75, 3.05) is 91.0 Å². The van der Waals surface area contributed by atoms with E-state index in [1.165, 1.54) is 0 Å². The maximum absolute atomic E-state index is 13.2. The number of hydrogen-bond donors (Lipinski definition) is 5. The summed E-state index contributed by atoms with van der Waals surface area (Å²) in [6, 6.07) is 21.6. The second kappa shape index (κ2) is 27.3. The summed E-state index contributed by atoms with van der Waals surface area (Å²) in [6.45, 7) is 9.59. The number of fused-ring (bicyclic) bond motifs is 1. The number of carbonyl (C=O) groups excluding carboxylic acids is 3. The summed E-state index contributed by atoms with van der Waals surface area (Å²) in [4.78, 5) is 54.4. The zero-order valence-corrected chi connectivity index (χ0v) is 34.7. The van der Waals surface area contributed by atoms with Gasteiger partial charge in [-0.3, -0.25) is 19.2 Å². The fourth-order valence-electron chi connectivity index (χ4n) is 6.14. The first-order chi connectivity index (χ1) is 29.2. The molecular weight excluding hydrogens is 771 g/mol. The number of aryl methyl sites for hydroxylation is 1. The predicted octanol–water partition coefficient (Wildman–Crippen LogP) is 5.07. The first-order valence-electron chi connectivity index (χ1n) is 20.5. The topological polar surface area (TPSA) is 196 Å². The standard InChI is InChI=1S/C45H59N5O10/c1-3-20-56-22-24-58-26-28-60-29-27-59-25-23-57-21-19-48-45(55)39-15-14-36(37-7-4-5-8-38(37)39)34-10-12-35(13-11-34)40(31-44(53)54)50-43(52)32-49-42(51)9-6-17-46-41-30-33(2)16-18-47-41/h4-5,7-8,10-16,18,30,40H,3,6,9,17,19-29,31-32H2,1-2H3,(H,46,47)(H,48,55)(H,49,51)(H,50,52)(H,53,54). The molecule has 324 valence electrons. The minimum absolute atomic E-state index is 0.212. The third-order valence-electron chi connectivity index (χ3n) is 9.12. The lowest BCUT2D eigenvalue weighted by Gasteiger charge is -2.19. The molecule has 1 atom stereocenters. The molecule has 0 saturated carbocycles. The van der Waals surface area contributed by atoms with Crippen molar-refractivity contribution in [3.05, 3.63) is 95.7 Å². The van der Waals surface area contributed by atoms with Gasteiger partial charge < -0.3 is 50.1 Å². The number of ether oxygens (including phenoxy) is 5. The van der Waals surface area contributed by atoms with E-state index >= 15 is 0 Å². The second-order valence-corrected chi connectivity index (χ2v) is 13.9. The number of rotatable bonds is 30. The molecule has 0 radical (unpaired) electrons. The smallest absolute Gasteiger partial charge is 0.305 e. The van der Waals surface area contributed by atoms with Gasteiger partial charge in [0.2, 0.25) is 11.8 Å². The van der Waals surface area contributed by atoms with E-state index in [-0.39, 0.29) is 31.2 Å². The van der Waals surface area contributed by atoms with Gasteiger partial charge in [-0.15, -0.1) is 0 Å². The Balaban J connectivity index is 1.19. The van der Waals surface area contributed by atoms with Crippen molar-refractivity contribution in [2.24, 2.45) is 0 Å². The molecule has 60 heavy (non-hydrogen) atoms. The molecule has 5 N–H and O–H groups in total. The van der Waals surface area contributed by atoms with Crippen molar-refractivity contribution in [3.8, 4) is 11.1 Å². The van der Waals surface area contributed by atoms with Crippen LogP contribution in [0.3, 0.4) is 0 Å². The third kappa shape index (κ3) is 17.4. The van der Waals surface area contributed by atoms with Gasteiger partial charge in [0.15, 0.2) is 0 Å². The highest BCUT2D eigenvalue weighted by Gasteiger charge is 2.20. The number of amides is 3. The molecule has 15 nitrogen and oxygen atoms in total. The van der Waals surface area contributed by atoms with Gasteiger partial charge >= 0.3 is 5.97 Å². The Morgan fingerprint density at radius 1 is 0.700 bits per heavy atom. The van der Waals surface area contributed by atoms with Crippen LogP contribution in [0.5, 0.6) is 0 Å². The van der Waals surface area contributed by atoms with Gasteiger partial charge in [-0.05, 0) is 71.0 Å². The summed E-state index contributed by atoms with van der Waals surface area (Å²) in [5.41, 5.74) is 3.93. The van der Waals surface area contributed by atoms with Crippen LogP contribution in [0.4, 0.5) is 5.82 Å². The molecule has 0 fully saturated rings. The van der Waals surface area contributed by atoms with Crippen LogP contribution in [-0.4, -0.2) is 119 Å². The Kier molecular flexibility index (Phi) is 21.5.